The number of fused-ring (bicyclic) bond motifs is 1. The molecule has 3 atom stereocenters. The lowest BCUT2D eigenvalue weighted by Crippen LogP contribution is -2.67. The fraction of sp³-hybridized carbons (Fsp3) is 0.632. The molecule has 0 amide bonds. The van der Waals surface area contributed by atoms with E-state index in [-0.39, 0.29) is 35.2 Å². The van der Waals surface area contributed by atoms with Crippen molar-refractivity contribution >= 4 is 29.9 Å². The smallest absolute Gasteiger partial charge is 0.191 e. The standard InChI is InChI=1S/C19H28FN3O.HI/c1-5-21-18(22-11-13-7-6-12(2)15(20)10-13)23-16-14-8-9-24-17(14)19(16,3)4;/h6-7,10,14,16-17H,5,8-9,11H2,1-4H3,(H2,21,22,23);1H. The van der Waals surface area contributed by atoms with Crippen molar-refractivity contribution in [2.75, 3.05) is 13.2 Å². The van der Waals surface area contributed by atoms with E-state index in [1.165, 1.54) is 0 Å². The first-order valence-corrected chi connectivity index (χ1v) is 8.85. The van der Waals surface area contributed by atoms with Crippen LogP contribution in [-0.2, 0) is 11.3 Å². The Morgan fingerprint density at radius 3 is 2.84 bits per heavy atom. The number of guanidine groups is 1. The van der Waals surface area contributed by atoms with E-state index in [0.29, 0.717) is 30.2 Å². The first kappa shape index (κ1) is 20.4. The Kier molecular flexibility index (Phi) is 6.70. The van der Waals surface area contributed by atoms with Crippen LogP contribution in [-0.4, -0.2) is 31.3 Å². The largest absolute Gasteiger partial charge is 0.377 e. The van der Waals surface area contributed by atoms with Crippen molar-refractivity contribution in [1.82, 2.24) is 10.6 Å². The van der Waals surface area contributed by atoms with E-state index >= 15 is 0 Å². The van der Waals surface area contributed by atoms with Gasteiger partial charge >= 0.3 is 0 Å². The first-order chi connectivity index (χ1) is 11.4. The van der Waals surface area contributed by atoms with Gasteiger partial charge in [-0.3, -0.25) is 0 Å². The van der Waals surface area contributed by atoms with Crippen molar-refractivity contribution < 1.29 is 9.13 Å². The maximum absolute atomic E-state index is 13.7. The summed E-state index contributed by atoms with van der Waals surface area (Å²) in [7, 11) is 0. The summed E-state index contributed by atoms with van der Waals surface area (Å²) in [5.74, 6) is 1.18. The summed E-state index contributed by atoms with van der Waals surface area (Å²) in [5.41, 5.74) is 1.65. The highest BCUT2D eigenvalue weighted by molar-refractivity contribution is 14.0. The molecule has 1 aromatic carbocycles. The molecular formula is C19H29FIN3O. The Morgan fingerprint density at radius 1 is 1.40 bits per heavy atom. The second-order valence-corrected chi connectivity index (χ2v) is 7.47. The molecule has 2 fully saturated rings. The number of benzene rings is 1. The maximum atomic E-state index is 13.7. The van der Waals surface area contributed by atoms with Gasteiger partial charge in [0.2, 0.25) is 0 Å². The van der Waals surface area contributed by atoms with Crippen molar-refractivity contribution in [3.8, 4) is 0 Å². The fourth-order valence-corrected chi connectivity index (χ4v) is 3.99. The summed E-state index contributed by atoms with van der Waals surface area (Å²) < 4.78 is 19.5. The van der Waals surface area contributed by atoms with E-state index in [0.717, 1.165) is 31.1 Å². The van der Waals surface area contributed by atoms with Crippen LogP contribution < -0.4 is 10.6 Å². The minimum Gasteiger partial charge on any atom is -0.377 e. The number of hydrogen-bond acceptors (Lipinski definition) is 2. The molecule has 0 spiro atoms. The number of nitrogens with one attached hydrogen (secondary N) is 2. The van der Waals surface area contributed by atoms with Crippen LogP contribution in [0.15, 0.2) is 23.2 Å². The van der Waals surface area contributed by atoms with Gasteiger partial charge in [0.15, 0.2) is 5.96 Å². The van der Waals surface area contributed by atoms with Gasteiger partial charge in [-0.25, -0.2) is 9.38 Å². The van der Waals surface area contributed by atoms with Gasteiger partial charge in [0, 0.05) is 30.5 Å². The van der Waals surface area contributed by atoms with E-state index in [1.807, 2.05) is 6.07 Å². The van der Waals surface area contributed by atoms with Crippen LogP contribution in [0, 0.1) is 24.1 Å². The molecule has 1 saturated carbocycles. The van der Waals surface area contributed by atoms with Crippen molar-refractivity contribution in [3.05, 3.63) is 35.1 Å². The number of aliphatic imine (C=N–C) groups is 1. The van der Waals surface area contributed by atoms with Gasteiger partial charge in [-0.2, -0.15) is 0 Å². The Labute approximate surface area is 167 Å². The molecule has 1 heterocycles. The highest BCUT2D eigenvalue weighted by Gasteiger charge is 2.59. The van der Waals surface area contributed by atoms with E-state index in [4.69, 9.17) is 4.74 Å². The third kappa shape index (κ3) is 4.10. The van der Waals surface area contributed by atoms with Crippen LogP contribution >= 0.6 is 24.0 Å². The summed E-state index contributed by atoms with van der Waals surface area (Å²) in [6.07, 6.45) is 1.46. The quantitative estimate of drug-likeness (QED) is 0.409. The van der Waals surface area contributed by atoms with Crippen LogP contribution in [0.2, 0.25) is 0 Å². The minimum absolute atomic E-state index is 0. The molecule has 0 aromatic heterocycles. The fourth-order valence-electron chi connectivity index (χ4n) is 3.99. The summed E-state index contributed by atoms with van der Waals surface area (Å²) in [4.78, 5) is 4.64. The molecule has 2 aliphatic rings. The molecule has 0 radical (unpaired) electrons. The zero-order valence-electron chi connectivity index (χ0n) is 15.4. The zero-order valence-corrected chi connectivity index (χ0v) is 17.8. The topological polar surface area (TPSA) is 45.7 Å². The van der Waals surface area contributed by atoms with Crippen LogP contribution in [0.4, 0.5) is 4.39 Å². The summed E-state index contributed by atoms with van der Waals surface area (Å²) >= 11 is 0. The molecule has 25 heavy (non-hydrogen) atoms. The SMILES string of the molecule is CCNC(=NCc1ccc(C)c(F)c1)NC1C2CCOC2C1(C)C.I. The van der Waals surface area contributed by atoms with Crippen molar-refractivity contribution in [1.29, 1.82) is 0 Å². The molecule has 1 aliphatic heterocycles. The zero-order chi connectivity index (χ0) is 17.3. The van der Waals surface area contributed by atoms with E-state index < -0.39 is 0 Å². The molecular weight excluding hydrogens is 432 g/mol. The second-order valence-electron chi connectivity index (χ2n) is 7.47. The number of aryl methyl sites for hydroxylation is 1. The molecule has 1 aromatic rings. The van der Waals surface area contributed by atoms with Gasteiger partial charge in [-0.15, -0.1) is 24.0 Å². The van der Waals surface area contributed by atoms with Crippen LogP contribution in [0.3, 0.4) is 0 Å². The highest BCUT2D eigenvalue weighted by Crippen LogP contribution is 2.52. The van der Waals surface area contributed by atoms with E-state index in [2.05, 4.69) is 36.4 Å². The third-order valence-electron chi connectivity index (χ3n) is 5.39. The van der Waals surface area contributed by atoms with Crippen molar-refractivity contribution in [3.63, 3.8) is 0 Å². The molecule has 3 rings (SSSR count). The van der Waals surface area contributed by atoms with Gasteiger partial charge < -0.3 is 15.4 Å². The first-order valence-electron chi connectivity index (χ1n) is 8.85. The Hall–Kier alpha value is -0.890. The normalized spacial score (nSPS) is 27.1. The van der Waals surface area contributed by atoms with Gasteiger partial charge in [0.05, 0.1) is 12.6 Å². The lowest BCUT2D eigenvalue weighted by atomic mass is 9.57. The number of rotatable bonds is 4. The molecule has 3 unspecified atom stereocenters. The maximum Gasteiger partial charge on any atom is 0.191 e. The molecule has 140 valence electrons. The third-order valence-corrected chi connectivity index (χ3v) is 5.39. The lowest BCUT2D eigenvalue weighted by molar-refractivity contribution is -0.106. The monoisotopic (exact) mass is 461 g/mol. The number of nitrogens with zero attached hydrogens (tertiary/aromatic N) is 1. The molecule has 2 N–H and O–H groups in total. The Bertz CT molecular complexity index is 635. The summed E-state index contributed by atoms with van der Waals surface area (Å²) in [5, 5.41) is 6.88. The predicted octanol–water partition coefficient (Wildman–Crippen LogP) is 3.62. The lowest BCUT2D eigenvalue weighted by Gasteiger charge is -2.54. The predicted molar refractivity (Wildman–Crippen MR) is 110 cm³/mol. The van der Waals surface area contributed by atoms with Gasteiger partial charge in [0.25, 0.3) is 0 Å². The molecule has 1 saturated heterocycles. The molecule has 4 nitrogen and oxygen atoms in total. The molecule has 0 bridgehead atoms. The summed E-state index contributed by atoms with van der Waals surface area (Å²) in [6.45, 7) is 10.4. The highest BCUT2D eigenvalue weighted by atomic mass is 127. The average Bonchev–Trinajstić information content (AvgIpc) is 3.00. The number of halogens is 2. The van der Waals surface area contributed by atoms with Gasteiger partial charge in [-0.1, -0.05) is 26.0 Å². The average molecular weight is 461 g/mol. The number of ether oxygens (including phenoxy) is 1. The van der Waals surface area contributed by atoms with Crippen LogP contribution in [0.25, 0.3) is 0 Å². The van der Waals surface area contributed by atoms with Gasteiger partial charge in [0.1, 0.15) is 5.82 Å². The van der Waals surface area contributed by atoms with Crippen molar-refractivity contribution in [2.45, 2.75) is 52.8 Å². The molecule has 6 heteroatoms. The van der Waals surface area contributed by atoms with E-state index in [1.54, 1.807) is 19.1 Å². The minimum atomic E-state index is -0.174. The van der Waals surface area contributed by atoms with Gasteiger partial charge in [-0.05, 0) is 37.5 Å². The van der Waals surface area contributed by atoms with Crippen LogP contribution in [0.1, 0.15) is 38.3 Å². The Balaban J connectivity index is 0.00000225. The Morgan fingerprint density at radius 2 is 2.16 bits per heavy atom. The number of hydrogen-bond donors (Lipinski definition) is 2. The second kappa shape index (κ2) is 8.20. The molecule has 1 aliphatic carbocycles. The van der Waals surface area contributed by atoms with Crippen molar-refractivity contribution in [2.24, 2.45) is 16.3 Å². The summed E-state index contributed by atoms with van der Waals surface area (Å²) in [6, 6.07) is 5.66. The van der Waals surface area contributed by atoms with E-state index in [9.17, 15) is 4.39 Å². The van der Waals surface area contributed by atoms with Crippen LogP contribution in [0.5, 0.6) is 0 Å².